The highest BCUT2D eigenvalue weighted by atomic mass is 35.5. The molecule has 28 heavy (non-hydrogen) atoms. The summed E-state index contributed by atoms with van der Waals surface area (Å²) in [5.41, 5.74) is 2.95. The second-order valence-electron chi connectivity index (χ2n) is 6.41. The monoisotopic (exact) mass is 395 g/mol. The number of fused-ring (bicyclic) bond motifs is 1. The summed E-state index contributed by atoms with van der Waals surface area (Å²) in [5, 5.41) is 7.61. The molecule has 0 atom stereocenters. The molecule has 2 heterocycles. The highest BCUT2D eigenvalue weighted by Gasteiger charge is 2.08. The Kier molecular flexibility index (Phi) is 6.01. The van der Waals surface area contributed by atoms with Gasteiger partial charge in [0.25, 0.3) is 0 Å². The highest BCUT2D eigenvalue weighted by Crippen LogP contribution is 2.25. The van der Waals surface area contributed by atoms with Gasteiger partial charge in [0.1, 0.15) is 11.6 Å². The fraction of sp³-hybridized carbons (Fsp3) is 0.143. The minimum absolute atomic E-state index is 0. The van der Waals surface area contributed by atoms with Gasteiger partial charge in [-0.15, -0.1) is 12.4 Å². The van der Waals surface area contributed by atoms with E-state index in [4.69, 9.17) is 4.42 Å². The van der Waals surface area contributed by atoms with Crippen LogP contribution in [0.1, 0.15) is 5.76 Å². The second-order valence-corrected chi connectivity index (χ2v) is 6.41. The molecule has 144 valence electrons. The van der Waals surface area contributed by atoms with Crippen LogP contribution in [0.15, 0.2) is 71.3 Å². The molecule has 0 aliphatic heterocycles. The number of furan rings is 1. The largest absolute Gasteiger partial charge is 0.467 e. The zero-order chi connectivity index (χ0) is 18.6. The Labute approximate surface area is 170 Å². The molecule has 0 spiro atoms. The summed E-state index contributed by atoms with van der Waals surface area (Å²) in [6, 6.07) is 19.9. The molecule has 6 nitrogen and oxygen atoms in total. The zero-order valence-electron chi connectivity index (χ0n) is 15.7. The standard InChI is InChI=1S/C21H21N5O.ClH/c1-26(2)16-11-9-15(10-12-16)23-21-24-19-8-4-3-7-18(19)20(25-21)22-14-17-6-5-13-27-17;/h3-13H,14H2,1-2H3,(H2,22,23,24,25);1H. The van der Waals surface area contributed by atoms with Gasteiger partial charge < -0.3 is 20.0 Å². The normalized spacial score (nSPS) is 10.4. The third-order valence-electron chi connectivity index (χ3n) is 4.25. The molecule has 0 saturated carbocycles. The number of para-hydroxylation sites is 1. The Morgan fingerprint density at radius 2 is 1.71 bits per heavy atom. The predicted octanol–water partition coefficient (Wildman–Crippen LogP) is 5.07. The average molecular weight is 396 g/mol. The van der Waals surface area contributed by atoms with E-state index < -0.39 is 0 Å². The maximum absolute atomic E-state index is 5.40. The number of halogens is 1. The SMILES string of the molecule is CN(C)c1ccc(Nc2nc(NCc3ccco3)c3ccccc3n2)cc1.Cl. The minimum atomic E-state index is 0. The van der Waals surface area contributed by atoms with E-state index in [0.717, 1.165) is 33.9 Å². The van der Waals surface area contributed by atoms with Crippen molar-refractivity contribution in [2.45, 2.75) is 6.54 Å². The first-order valence-electron chi connectivity index (χ1n) is 8.76. The Balaban J connectivity index is 0.00000225. The van der Waals surface area contributed by atoms with Crippen molar-refractivity contribution in [2.75, 3.05) is 29.6 Å². The lowest BCUT2D eigenvalue weighted by Crippen LogP contribution is -2.08. The molecule has 4 aromatic rings. The summed E-state index contributed by atoms with van der Waals surface area (Å²) in [5.74, 6) is 2.17. The van der Waals surface area contributed by atoms with Crippen LogP contribution in [0.5, 0.6) is 0 Å². The van der Waals surface area contributed by atoms with Crippen molar-refractivity contribution in [2.24, 2.45) is 0 Å². The first-order valence-corrected chi connectivity index (χ1v) is 8.76. The number of nitrogens with zero attached hydrogens (tertiary/aromatic N) is 3. The van der Waals surface area contributed by atoms with Crippen LogP contribution < -0.4 is 15.5 Å². The second kappa shape index (κ2) is 8.63. The van der Waals surface area contributed by atoms with Crippen molar-refractivity contribution < 1.29 is 4.42 Å². The lowest BCUT2D eigenvalue weighted by Gasteiger charge is -2.14. The van der Waals surface area contributed by atoms with Crippen LogP contribution in [-0.2, 0) is 6.54 Å². The highest BCUT2D eigenvalue weighted by molar-refractivity contribution is 5.90. The van der Waals surface area contributed by atoms with Crippen LogP contribution in [0, 0.1) is 0 Å². The van der Waals surface area contributed by atoms with Gasteiger partial charge in [0, 0.05) is 30.9 Å². The molecular weight excluding hydrogens is 374 g/mol. The topological polar surface area (TPSA) is 66.2 Å². The van der Waals surface area contributed by atoms with Gasteiger partial charge in [0.05, 0.1) is 18.3 Å². The van der Waals surface area contributed by atoms with E-state index >= 15 is 0 Å². The summed E-state index contributed by atoms with van der Waals surface area (Å²) < 4.78 is 5.40. The first kappa shape index (κ1) is 19.5. The molecule has 0 saturated heterocycles. The van der Waals surface area contributed by atoms with E-state index in [1.807, 2.05) is 62.6 Å². The lowest BCUT2D eigenvalue weighted by atomic mass is 10.2. The summed E-state index contributed by atoms with van der Waals surface area (Å²) in [7, 11) is 4.04. The molecular formula is C21H22ClN5O. The number of hydrogen-bond acceptors (Lipinski definition) is 6. The van der Waals surface area contributed by atoms with Gasteiger partial charge in [0.15, 0.2) is 0 Å². The maximum atomic E-state index is 5.40. The number of hydrogen-bond donors (Lipinski definition) is 2. The molecule has 2 N–H and O–H groups in total. The minimum Gasteiger partial charge on any atom is -0.467 e. The molecule has 0 radical (unpaired) electrons. The average Bonchev–Trinajstić information content (AvgIpc) is 3.20. The number of benzene rings is 2. The quantitative estimate of drug-likeness (QED) is 0.475. The number of anilines is 4. The lowest BCUT2D eigenvalue weighted by molar-refractivity contribution is 0.518. The van der Waals surface area contributed by atoms with Crippen LogP contribution in [-0.4, -0.2) is 24.1 Å². The van der Waals surface area contributed by atoms with Gasteiger partial charge in [-0.25, -0.2) is 4.98 Å². The van der Waals surface area contributed by atoms with Gasteiger partial charge in [-0.2, -0.15) is 4.98 Å². The van der Waals surface area contributed by atoms with E-state index in [0.29, 0.717) is 12.5 Å². The summed E-state index contributed by atoms with van der Waals surface area (Å²) in [4.78, 5) is 11.4. The first-order chi connectivity index (χ1) is 13.2. The van der Waals surface area contributed by atoms with Crippen LogP contribution in [0.2, 0.25) is 0 Å². The van der Waals surface area contributed by atoms with Crippen LogP contribution in [0.4, 0.5) is 23.1 Å². The van der Waals surface area contributed by atoms with E-state index in [1.54, 1.807) is 6.26 Å². The van der Waals surface area contributed by atoms with Gasteiger partial charge in [-0.3, -0.25) is 0 Å². The molecule has 0 bridgehead atoms. The Morgan fingerprint density at radius 1 is 0.929 bits per heavy atom. The van der Waals surface area contributed by atoms with Gasteiger partial charge in [0.2, 0.25) is 5.95 Å². The predicted molar refractivity (Wildman–Crippen MR) is 117 cm³/mol. The summed E-state index contributed by atoms with van der Waals surface area (Å²) in [6.45, 7) is 0.560. The Bertz CT molecular complexity index is 1030. The van der Waals surface area contributed by atoms with Crippen molar-refractivity contribution in [1.82, 2.24) is 9.97 Å². The zero-order valence-corrected chi connectivity index (χ0v) is 16.5. The van der Waals surface area contributed by atoms with Crippen LogP contribution in [0.3, 0.4) is 0 Å². The third-order valence-corrected chi connectivity index (χ3v) is 4.25. The third kappa shape index (κ3) is 4.35. The molecule has 2 aromatic heterocycles. The molecule has 0 aliphatic rings. The molecule has 2 aromatic carbocycles. The van der Waals surface area contributed by atoms with E-state index in [2.05, 4.69) is 37.6 Å². The van der Waals surface area contributed by atoms with E-state index in [1.165, 1.54) is 0 Å². The van der Waals surface area contributed by atoms with Crippen molar-refractivity contribution in [3.05, 3.63) is 72.7 Å². The number of rotatable bonds is 6. The molecule has 0 aliphatic carbocycles. The molecule has 0 unspecified atom stereocenters. The van der Waals surface area contributed by atoms with Crippen molar-refractivity contribution >= 4 is 46.5 Å². The Hall–Kier alpha value is -3.25. The van der Waals surface area contributed by atoms with Gasteiger partial charge in [-0.05, 0) is 48.5 Å². The van der Waals surface area contributed by atoms with Crippen molar-refractivity contribution in [3.8, 4) is 0 Å². The van der Waals surface area contributed by atoms with Crippen molar-refractivity contribution in [1.29, 1.82) is 0 Å². The number of aromatic nitrogens is 2. The van der Waals surface area contributed by atoms with Crippen LogP contribution >= 0.6 is 12.4 Å². The smallest absolute Gasteiger partial charge is 0.229 e. The fourth-order valence-corrected chi connectivity index (χ4v) is 2.82. The summed E-state index contributed by atoms with van der Waals surface area (Å²) >= 11 is 0. The molecule has 0 fully saturated rings. The van der Waals surface area contributed by atoms with Gasteiger partial charge >= 0.3 is 0 Å². The summed E-state index contributed by atoms with van der Waals surface area (Å²) in [6.07, 6.45) is 1.67. The molecule has 0 amide bonds. The van der Waals surface area contributed by atoms with Crippen LogP contribution in [0.25, 0.3) is 10.9 Å². The number of nitrogens with one attached hydrogen (secondary N) is 2. The fourth-order valence-electron chi connectivity index (χ4n) is 2.82. The van der Waals surface area contributed by atoms with Crippen molar-refractivity contribution in [3.63, 3.8) is 0 Å². The molecule has 7 heteroatoms. The van der Waals surface area contributed by atoms with E-state index in [9.17, 15) is 0 Å². The van der Waals surface area contributed by atoms with Gasteiger partial charge in [-0.1, -0.05) is 12.1 Å². The Morgan fingerprint density at radius 3 is 2.43 bits per heavy atom. The maximum Gasteiger partial charge on any atom is 0.229 e. The van der Waals surface area contributed by atoms with E-state index in [-0.39, 0.29) is 12.4 Å². The molecule has 4 rings (SSSR count).